The molecule has 18 heavy (non-hydrogen) atoms. The third-order valence-corrected chi connectivity index (χ3v) is 2.84. The van der Waals surface area contributed by atoms with E-state index >= 15 is 0 Å². The van der Waals surface area contributed by atoms with Crippen LogP contribution in [0.25, 0.3) is 0 Å². The average molecular weight is 384 g/mol. The van der Waals surface area contributed by atoms with Gasteiger partial charge in [-0.25, -0.2) is 9.59 Å². The Morgan fingerprint density at radius 2 is 1.28 bits per heavy atom. The molecule has 0 fully saturated rings. The van der Waals surface area contributed by atoms with Crippen molar-refractivity contribution in [2.45, 2.75) is 0 Å². The molecule has 0 saturated carbocycles. The Labute approximate surface area is 116 Å². The summed E-state index contributed by atoms with van der Waals surface area (Å²) in [5, 5.41) is 17.1. The van der Waals surface area contributed by atoms with E-state index in [9.17, 15) is 19.2 Å². The first-order valence-electron chi connectivity index (χ1n) is 4.13. The molecule has 2 N–H and O–H groups in total. The first-order valence-corrected chi connectivity index (χ1v) is 5.72. The zero-order chi connectivity index (χ0) is 14.0. The van der Waals surface area contributed by atoms with Crippen LogP contribution in [-0.2, 0) is 19.2 Å². The van der Waals surface area contributed by atoms with E-state index in [1.54, 1.807) is 0 Å². The maximum absolute atomic E-state index is 11.3. The van der Waals surface area contributed by atoms with Crippen molar-refractivity contribution in [2.75, 3.05) is 0 Å². The molecule has 0 unspecified atom stereocenters. The van der Waals surface area contributed by atoms with Gasteiger partial charge in [-0.15, -0.1) is 0 Å². The van der Waals surface area contributed by atoms with E-state index in [1.807, 2.05) is 0 Å². The first kappa shape index (κ1) is 14.4. The Kier molecular flexibility index (Phi) is 4.24. The summed E-state index contributed by atoms with van der Waals surface area (Å²) in [4.78, 5) is 44.9. The van der Waals surface area contributed by atoms with E-state index in [4.69, 9.17) is 10.2 Å². The number of halogens is 2. The third kappa shape index (κ3) is 2.76. The van der Waals surface area contributed by atoms with Crippen molar-refractivity contribution < 1.29 is 29.4 Å². The van der Waals surface area contributed by atoms with E-state index in [-0.39, 0.29) is 9.21 Å². The molecule has 0 spiro atoms. The molecule has 0 aliphatic carbocycles. The number of amides is 2. The number of hydrogen-bond donors (Lipinski definition) is 2. The van der Waals surface area contributed by atoms with Crippen LogP contribution in [0.5, 0.6) is 0 Å². The SMILES string of the molecule is O=C(O)C(=O)N1C=C(Br)N(C(=O)C(=O)O)C(Br)=C1. The van der Waals surface area contributed by atoms with E-state index < -0.39 is 23.8 Å². The van der Waals surface area contributed by atoms with E-state index in [0.717, 1.165) is 12.4 Å². The third-order valence-electron chi connectivity index (χ3n) is 1.72. The van der Waals surface area contributed by atoms with Gasteiger partial charge in [-0.3, -0.25) is 19.4 Å². The van der Waals surface area contributed by atoms with Gasteiger partial charge in [0.2, 0.25) is 0 Å². The molecule has 1 rings (SSSR count). The summed E-state index contributed by atoms with van der Waals surface area (Å²) in [6, 6.07) is 0. The number of carboxylic acid groups (broad SMARTS) is 2. The molecular weight excluding hydrogens is 380 g/mol. The number of nitrogens with zero attached hydrogens (tertiary/aromatic N) is 2. The van der Waals surface area contributed by atoms with Crippen LogP contribution in [0.1, 0.15) is 0 Å². The summed E-state index contributed by atoms with van der Waals surface area (Å²) in [7, 11) is 0. The molecule has 1 heterocycles. The van der Waals surface area contributed by atoms with Crippen molar-refractivity contribution >= 4 is 55.6 Å². The van der Waals surface area contributed by atoms with E-state index in [0.29, 0.717) is 9.80 Å². The molecule has 0 saturated heterocycles. The minimum absolute atomic E-state index is 0.0983. The summed E-state index contributed by atoms with van der Waals surface area (Å²) in [5.41, 5.74) is 0. The standard InChI is InChI=1S/C8H4Br2N2O6/c9-3-1-11(5(13)7(15)16)2-4(10)12(3)6(14)8(17)18/h1-2H,(H,15,16)(H,17,18). The first-order chi connectivity index (χ1) is 8.25. The lowest BCUT2D eigenvalue weighted by molar-refractivity contribution is -0.154. The Morgan fingerprint density at radius 3 is 1.61 bits per heavy atom. The largest absolute Gasteiger partial charge is 0.474 e. The number of aliphatic carboxylic acids is 2. The van der Waals surface area contributed by atoms with Gasteiger partial charge >= 0.3 is 23.8 Å². The monoisotopic (exact) mass is 382 g/mol. The summed E-state index contributed by atoms with van der Waals surface area (Å²) in [6.07, 6.45) is 1.92. The molecule has 1 aliphatic heterocycles. The van der Waals surface area contributed by atoms with Crippen molar-refractivity contribution in [3.63, 3.8) is 0 Å². The molecule has 0 aromatic heterocycles. The van der Waals surface area contributed by atoms with Gasteiger partial charge in [0.25, 0.3) is 0 Å². The molecule has 1 aliphatic rings. The molecular formula is C8H4Br2N2O6. The van der Waals surface area contributed by atoms with Crippen LogP contribution in [-0.4, -0.2) is 43.8 Å². The summed E-state index contributed by atoms with van der Waals surface area (Å²) in [6.45, 7) is 0. The van der Waals surface area contributed by atoms with Gasteiger partial charge in [0.05, 0.1) is 0 Å². The normalized spacial score (nSPS) is 14.8. The predicted molar refractivity (Wildman–Crippen MR) is 63.0 cm³/mol. The molecule has 0 bridgehead atoms. The van der Waals surface area contributed by atoms with Crippen LogP contribution in [0.2, 0.25) is 0 Å². The maximum Gasteiger partial charge on any atom is 0.395 e. The van der Waals surface area contributed by atoms with E-state index in [1.165, 1.54) is 0 Å². The molecule has 0 aromatic carbocycles. The molecule has 0 atom stereocenters. The van der Waals surface area contributed by atoms with Gasteiger partial charge < -0.3 is 10.2 Å². The highest BCUT2D eigenvalue weighted by molar-refractivity contribution is 9.12. The molecule has 8 nitrogen and oxygen atoms in total. The minimum atomic E-state index is -1.70. The van der Waals surface area contributed by atoms with Crippen LogP contribution in [0.4, 0.5) is 0 Å². The van der Waals surface area contributed by atoms with Crippen molar-refractivity contribution in [3.05, 3.63) is 21.6 Å². The Hall–Kier alpha value is -1.68. The average Bonchev–Trinajstić information content (AvgIpc) is 2.26. The van der Waals surface area contributed by atoms with Crippen LogP contribution >= 0.6 is 31.9 Å². The second-order valence-electron chi connectivity index (χ2n) is 2.87. The number of hydrogen-bond acceptors (Lipinski definition) is 4. The lowest BCUT2D eigenvalue weighted by atomic mass is 10.4. The van der Waals surface area contributed by atoms with Crippen LogP contribution < -0.4 is 0 Å². The lowest BCUT2D eigenvalue weighted by Crippen LogP contribution is -2.38. The van der Waals surface area contributed by atoms with Gasteiger partial charge in [0, 0.05) is 12.4 Å². The molecule has 0 radical (unpaired) electrons. The van der Waals surface area contributed by atoms with Crippen LogP contribution in [0, 0.1) is 0 Å². The fourth-order valence-electron chi connectivity index (χ4n) is 1.00. The zero-order valence-electron chi connectivity index (χ0n) is 8.33. The van der Waals surface area contributed by atoms with Gasteiger partial charge in [-0.2, -0.15) is 0 Å². The maximum atomic E-state index is 11.3. The lowest BCUT2D eigenvalue weighted by Gasteiger charge is -2.26. The second kappa shape index (κ2) is 5.31. The Bertz CT molecular complexity index is 492. The van der Waals surface area contributed by atoms with Gasteiger partial charge in [0.1, 0.15) is 9.21 Å². The van der Waals surface area contributed by atoms with Gasteiger partial charge in [0.15, 0.2) is 0 Å². The second-order valence-corrected chi connectivity index (χ2v) is 4.49. The van der Waals surface area contributed by atoms with Crippen LogP contribution in [0.15, 0.2) is 21.6 Å². The molecule has 2 amide bonds. The fraction of sp³-hybridized carbons (Fsp3) is 0. The number of carbonyl (C=O) groups excluding carboxylic acids is 2. The van der Waals surface area contributed by atoms with E-state index in [2.05, 4.69) is 31.9 Å². The highest BCUT2D eigenvalue weighted by Crippen LogP contribution is 2.28. The van der Waals surface area contributed by atoms with Crippen molar-refractivity contribution in [1.29, 1.82) is 0 Å². The number of carbonyl (C=O) groups is 4. The number of rotatable bonds is 0. The van der Waals surface area contributed by atoms with Crippen molar-refractivity contribution in [1.82, 2.24) is 9.80 Å². The number of carboxylic acids is 2. The molecule has 10 heteroatoms. The summed E-state index contributed by atoms with van der Waals surface area (Å²) < 4.78 is -0.197. The highest BCUT2D eigenvalue weighted by Gasteiger charge is 2.31. The zero-order valence-corrected chi connectivity index (χ0v) is 11.5. The predicted octanol–water partition coefficient (Wildman–Crippen LogP) is 0.214. The summed E-state index contributed by atoms with van der Waals surface area (Å²) >= 11 is 5.73. The quantitative estimate of drug-likeness (QED) is 0.456. The van der Waals surface area contributed by atoms with Gasteiger partial charge in [-0.1, -0.05) is 0 Å². The van der Waals surface area contributed by atoms with Gasteiger partial charge in [-0.05, 0) is 31.9 Å². The van der Waals surface area contributed by atoms with Crippen molar-refractivity contribution in [3.8, 4) is 0 Å². The summed E-state index contributed by atoms with van der Waals surface area (Å²) in [5.74, 6) is -5.93. The fourth-order valence-corrected chi connectivity index (χ4v) is 2.38. The Balaban J connectivity index is 3.08. The topological polar surface area (TPSA) is 115 Å². The van der Waals surface area contributed by atoms with Crippen LogP contribution in [0.3, 0.4) is 0 Å². The minimum Gasteiger partial charge on any atom is -0.474 e. The smallest absolute Gasteiger partial charge is 0.395 e. The molecule has 0 aromatic rings. The molecule has 96 valence electrons. The van der Waals surface area contributed by atoms with Crippen molar-refractivity contribution in [2.24, 2.45) is 0 Å². The Morgan fingerprint density at radius 1 is 0.889 bits per heavy atom. The highest BCUT2D eigenvalue weighted by atomic mass is 79.9.